The van der Waals surface area contributed by atoms with Gasteiger partial charge >= 0.3 is 11.8 Å². The van der Waals surface area contributed by atoms with Crippen molar-refractivity contribution < 1.29 is 18.7 Å². The smallest absolute Gasteiger partial charge is 0.309 e. The molecule has 0 saturated carbocycles. The van der Waals surface area contributed by atoms with Crippen LogP contribution in [0.4, 0.5) is 0 Å². The number of morpholine rings is 1. The molecule has 2 aromatic rings. The molecule has 1 aliphatic rings. The average Bonchev–Trinajstić information content (AvgIpc) is 3.34. The van der Waals surface area contributed by atoms with E-state index < -0.39 is 11.8 Å². The highest BCUT2D eigenvalue weighted by Crippen LogP contribution is 2.21. The first-order valence-corrected chi connectivity index (χ1v) is 9.05. The second-order valence-corrected chi connectivity index (χ2v) is 6.68. The molecule has 2 amide bonds. The third kappa shape index (κ3) is 4.91. The molecule has 0 radical (unpaired) electrons. The van der Waals surface area contributed by atoms with Gasteiger partial charge in [-0.1, -0.05) is 6.07 Å². The van der Waals surface area contributed by atoms with Crippen LogP contribution in [0.15, 0.2) is 40.3 Å². The fraction of sp³-hybridized carbons (Fsp3) is 0.412. The van der Waals surface area contributed by atoms with Crippen molar-refractivity contribution >= 4 is 23.2 Å². The Labute approximate surface area is 149 Å². The van der Waals surface area contributed by atoms with E-state index in [9.17, 15) is 9.59 Å². The van der Waals surface area contributed by atoms with Gasteiger partial charge in [-0.3, -0.25) is 14.5 Å². The Morgan fingerprint density at radius 1 is 1.16 bits per heavy atom. The topological polar surface area (TPSA) is 83.8 Å². The van der Waals surface area contributed by atoms with E-state index in [1.165, 1.54) is 11.3 Å². The van der Waals surface area contributed by atoms with Crippen molar-refractivity contribution in [2.45, 2.75) is 12.6 Å². The Morgan fingerprint density at radius 3 is 2.64 bits per heavy atom. The molecular formula is C17H21N3O4S. The van der Waals surface area contributed by atoms with Gasteiger partial charge in [0.05, 0.1) is 32.1 Å². The summed E-state index contributed by atoms with van der Waals surface area (Å²) in [4.78, 5) is 27.2. The zero-order valence-electron chi connectivity index (χ0n) is 13.8. The zero-order chi connectivity index (χ0) is 17.5. The number of hydrogen-bond acceptors (Lipinski definition) is 6. The number of thiophene rings is 1. The molecule has 2 aromatic heterocycles. The van der Waals surface area contributed by atoms with E-state index in [-0.39, 0.29) is 6.04 Å². The Bertz CT molecular complexity index is 666. The fourth-order valence-electron chi connectivity index (χ4n) is 2.71. The molecule has 0 spiro atoms. The van der Waals surface area contributed by atoms with Crippen molar-refractivity contribution in [1.82, 2.24) is 15.5 Å². The van der Waals surface area contributed by atoms with Crippen LogP contribution in [-0.4, -0.2) is 49.6 Å². The first kappa shape index (κ1) is 17.7. The van der Waals surface area contributed by atoms with Crippen LogP contribution in [-0.2, 0) is 20.9 Å². The average molecular weight is 363 g/mol. The largest absolute Gasteiger partial charge is 0.468 e. The third-order valence-electron chi connectivity index (χ3n) is 4.02. The lowest BCUT2D eigenvalue weighted by Crippen LogP contribution is -2.46. The van der Waals surface area contributed by atoms with Crippen LogP contribution in [0.5, 0.6) is 0 Å². The Hall–Kier alpha value is -2.16. The fourth-order valence-corrected chi connectivity index (χ4v) is 3.35. The van der Waals surface area contributed by atoms with E-state index in [4.69, 9.17) is 9.15 Å². The van der Waals surface area contributed by atoms with E-state index in [1.807, 2.05) is 29.6 Å². The molecular weight excluding hydrogens is 342 g/mol. The van der Waals surface area contributed by atoms with Gasteiger partial charge in [0.1, 0.15) is 5.76 Å². The van der Waals surface area contributed by atoms with Crippen LogP contribution < -0.4 is 10.6 Å². The van der Waals surface area contributed by atoms with Gasteiger partial charge in [-0.05, 0) is 23.6 Å². The van der Waals surface area contributed by atoms with E-state index in [0.717, 1.165) is 23.7 Å². The molecule has 3 heterocycles. The van der Waals surface area contributed by atoms with Gasteiger partial charge in [-0.2, -0.15) is 0 Å². The molecule has 2 N–H and O–H groups in total. The van der Waals surface area contributed by atoms with Gasteiger partial charge in [-0.25, -0.2) is 0 Å². The van der Waals surface area contributed by atoms with E-state index in [0.29, 0.717) is 26.3 Å². The van der Waals surface area contributed by atoms with Gasteiger partial charge in [0, 0.05) is 24.5 Å². The van der Waals surface area contributed by atoms with Crippen LogP contribution in [0, 0.1) is 0 Å². The molecule has 3 rings (SSSR count). The monoisotopic (exact) mass is 363 g/mol. The molecule has 0 unspecified atom stereocenters. The number of nitrogens with zero attached hydrogens (tertiary/aromatic N) is 1. The quantitative estimate of drug-likeness (QED) is 0.752. The van der Waals surface area contributed by atoms with E-state index in [1.54, 1.807) is 6.26 Å². The number of furan rings is 1. The van der Waals surface area contributed by atoms with Crippen LogP contribution in [0.3, 0.4) is 0 Å². The number of carbonyl (C=O) groups excluding carboxylic acids is 2. The van der Waals surface area contributed by atoms with Crippen LogP contribution in [0.25, 0.3) is 0 Å². The normalized spacial score (nSPS) is 16.3. The van der Waals surface area contributed by atoms with Crippen molar-refractivity contribution in [3.8, 4) is 0 Å². The molecule has 0 bridgehead atoms. The summed E-state index contributed by atoms with van der Waals surface area (Å²) in [6, 6.07) is 7.39. The summed E-state index contributed by atoms with van der Waals surface area (Å²) in [6.07, 6.45) is 1.61. The minimum atomic E-state index is -0.638. The highest BCUT2D eigenvalue weighted by Gasteiger charge is 2.26. The molecule has 1 fully saturated rings. The molecule has 8 heteroatoms. The third-order valence-corrected chi connectivity index (χ3v) is 4.90. The number of hydrogen-bond donors (Lipinski definition) is 2. The Balaban J connectivity index is 1.52. The first-order valence-electron chi connectivity index (χ1n) is 8.17. The molecule has 134 valence electrons. The first-order chi connectivity index (χ1) is 12.2. The summed E-state index contributed by atoms with van der Waals surface area (Å²) < 4.78 is 10.9. The number of ether oxygens (including phenoxy) is 1. The number of amides is 2. The van der Waals surface area contributed by atoms with Gasteiger partial charge in [0.25, 0.3) is 0 Å². The standard InChI is InChI=1S/C17H21N3O4S/c21-16(18-11-13-3-2-10-25-13)17(22)19-12-14(15-4-1-7-24-15)20-5-8-23-9-6-20/h1-4,7,10,14H,5-6,8-9,11-12H2,(H,18,21)(H,19,22)/t14-/m1/s1. The SMILES string of the molecule is O=C(NCc1cccs1)C(=O)NC[C@H](c1ccco1)N1CCOCC1. The summed E-state index contributed by atoms with van der Waals surface area (Å²) in [6.45, 7) is 3.46. The van der Waals surface area contributed by atoms with Crippen molar-refractivity contribution in [2.24, 2.45) is 0 Å². The summed E-state index contributed by atoms with van der Waals surface area (Å²) in [5.74, 6) is -0.504. The predicted octanol–water partition coefficient (Wildman–Crippen LogP) is 1.15. The van der Waals surface area contributed by atoms with Gasteiger partial charge < -0.3 is 19.8 Å². The van der Waals surface area contributed by atoms with Crippen molar-refractivity contribution in [1.29, 1.82) is 0 Å². The molecule has 0 aromatic carbocycles. The maximum absolute atomic E-state index is 12.1. The lowest BCUT2D eigenvalue weighted by molar-refractivity contribution is -0.139. The van der Waals surface area contributed by atoms with Crippen LogP contribution in [0.1, 0.15) is 16.7 Å². The number of rotatable bonds is 6. The lowest BCUT2D eigenvalue weighted by atomic mass is 10.1. The van der Waals surface area contributed by atoms with Crippen LogP contribution in [0.2, 0.25) is 0 Å². The van der Waals surface area contributed by atoms with Gasteiger partial charge in [0.2, 0.25) is 0 Å². The van der Waals surface area contributed by atoms with Gasteiger partial charge in [-0.15, -0.1) is 11.3 Å². The van der Waals surface area contributed by atoms with Crippen molar-refractivity contribution in [3.63, 3.8) is 0 Å². The molecule has 1 atom stereocenters. The molecule has 25 heavy (non-hydrogen) atoms. The summed E-state index contributed by atoms with van der Waals surface area (Å²) in [5, 5.41) is 7.26. The number of nitrogens with one attached hydrogen (secondary N) is 2. The minimum absolute atomic E-state index is 0.118. The Morgan fingerprint density at radius 2 is 1.96 bits per heavy atom. The number of carbonyl (C=O) groups is 2. The molecule has 7 nitrogen and oxygen atoms in total. The van der Waals surface area contributed by atoms with E-state index >= 15 is 0 Å². The minimum Gasteiger partial charge on any atom is -0.468 e. The maximum Gasteiger partial charge on any atom is 0.309 e. The second kappa shape index (κ2) is 8.80. The lowest BCUT2D eigenvalue weighted by Gasteiger charge is -2.33. The predicted molar refractivity (Wildman–Crippen MR) is 93.0 cm³/mol. The summed E-state index contributed by atoms with van der Waals surface area (Å²) in [5.41, 5.74) is 0. The zero-order valence-corrected chi connectivity index (χ0v) is 14.6. The molecule has 1 saturated heterocycles. The van der Waals surface area contributed by atoms with Gasteiger partial charge in [0.15, 0.2) is 0 Å². The molecule has 1 aliphatic heterocycles. The highest BCUT2D eigenvalue weighted by molar-refractivity contribution is 7.09. The summed E-state index contributed by atoms with van der Waals surface area (Å²) >= 11 is 1.53. The maximum atomic E-state index is 12.1. The molecule has 0 aliphatic carbocycles. The highest BCUT2D eigenvalue weighted by atomic mass is 32.1. The second-order valence-electron chi connectivity index (χ2n) is 5.65. The van der Waals surface area contributed by atoms with Crippen LogP contribution >= 0.6 is 11.3 Å². The summed E-state index contributed by atoms with van der Waals surface area (Å²) in [7, 11) is 0. The Kier molecular flexibility index (Phi) is 6.21. The van der Waals surface area contributed by atoms with E-state index in [2.05, 4.69) is 15.5 Å². The van der Waals surface area contributed by atoms with Crippen molar-refractivity contribution in [3.05, 3.63) is 46.5 Å². The van der Waals surface area contributed by atoms with Crippen molar-refractivity contribution in [2.75, 3.05) is 32.8 Å².